The van der Waals surface area contributed by atoms with E-state index in [0.29, 0.717) is 33.2 Å². The summed E-state index contributed by atoms with van der Waals surface area (Å²) in [4.78, 5) is 44.4. The smallest absolute Gasteiger partial charge is 0.180 e. The first-order valence-electron chi connectivity index (χ1n) is 12.0. The Balaban J connectivity index is 1.69. The number of nitrogens with zero attached hydrogens (tertiary/aromatic N) is 1. The van der Waals surface area contributed by atoms with Crippen LogP contribution in [0.15, 0.2) is 66.7 Å². The number of hydrogen-bond donors (Lipinski definition) is 0. The molecule has 7 heteroatoms. The largest absolute Gasteiger partial charge is 0.497 e. The average Bonchev–Trinajstić information content (AvgIpc) is 3.34. The summed E-state index contributed by atoms with van der Waals surface area (Å²) in [5.74, 6) is -0.510. The van der Waals surface area contributed by atoms with Gasteiger partial charge in [-0.05, 0) is 36.8 Å². The van der Waals surface area contributed by atoms with Crippen LogP contribution >= 0.6 is 11.6 Å². The molecule has 6 rings (SSSR count). The summed E-state index contributed by atoms with van der Waals surface area (Å²) in [6.07, 6.45) is 3.75. The summed E-state index contributed by atoms with van der Waals surface area (Å²) >= 11 is 6.28. The van der Waals surface area contributed by atoms with E-state index in [0.717, 1.165) is 11.3 Å². The van der Waals surface area contributed by atoms with Crippen LogP contribution in [0.5, 0.6) is 11.5 Å². The van der Waals surface area contributed by atoms with Crippen LogP contribution < -0.4 is 14.4 Å². The molecule has 3 aromatic rings. The molecule has 2 heterocycles. The van der Waals surface area contributed by atoms with E-state index >= 15 is 0 Å². The minimum atomic E-state index is -1.56. The summed E-state index contributed by atoms with van der Waals surface area (Å²) in [5, 5.41) is 0.559. The lowest BCUT2D eigenvalue weighted by Gasteiger charge is -2.37. The molecule has 3 aromatic carbocycles. The van der Waals surface area contributed by atoms with Gasteiger partial charge in [0.05, 0.1) is 26.3 Å². The van der Waals surface area contributed by atoms with E-state index in [-0.39, 0.29) is 17.3 Å². The Bertz CT molecular complexity index is 1490. The highest BCUT2D eigenvalue weighted by atomic mass is 35.5. The van der Waals surface area contributed by atoms with Crippen molar-refractivity contribution in [3.05, 3.63) is 94.0 Å². The Morgan fingerprint density at radius 2 is 1.65 bits per heavy atom. The lowest BCUT2D eigenvalue weighted by atomic mass is 9.64. The van der Waals surface area contributed by atoms with Gasteiger partial charge >= 0.3 is 0 Å². The molecule has 3 aliphatic rings. The molecule has 2 aliphatic heterocycles. The number of ketones is 3. The number of fused-ring (bicyclic) bond motifs is 5. The number of anilines is 1. The molecule has 186 valence electrons. The zero-order chi connectivity index (χ0) is 26.1. The van der Waals surface area contributed by atoms with Crippen molar-refractivity contribution in [1.29, 1.82) is 0 Å². The van der Waals surface area contributed by atoms with Crippen molar-refractivity contribution < 1.29 is 23.9 Å². The molecule has 0 amide bonds. The lowest BCUT2D eigenvalue weighted by molar-refractivity contribution is -0.118. The maximum Gasteiger partial charge on any atom is 0.180 e. The predicted molar refractivity (Wildman–Crippen MR) is 141 cm³/mol. The zero-order valence-electron chi connectivity index (χ0n) is 20.5. The SMILES string of the molecule is COc1ccc([C@@H]2[C@@H](C(C)=O)N3c4ccc(Cl)cc4C=C[C@@H]3C23C(=O)c2ccccc2C3=O)c(OC)c1. The second-order valence-electron chi connectivity index (χ2n) is 9.63. The second-order valence-corrected chi connectivity index (χ2v) is 10.1. The van der Waals surface area contributed by atoms with Gasteiger partial charge in [0.15, 0.2) is 17.3 Å². The van der Waals surface area contributed by atoms with Crippen molar-refractivity contribution in [2.75, 3.05) is 19.1 Å². The highest BCUT2D eigenvalue weighted by molar-refractivity contribution is 6.32. The number of benzene rings is 3. The molecular weight excluding hydrogens is 490 g/mol. The van der Waals surface area contributed by atoms with E-state index in [2.05, 4.69) is 0 Å². The maximum absolute atomic E-state index is 14.4. The highest BCUT2D eigenvalue weighted by Crippen LogP contribution is 2.61. The number of rotatable bonds is 4. The first-order chi connectivity index (χ1) is 17.8. The molecule has 0 bridgehead atoms. The van der Waals surface area contributed by atoms with E-state index in [1.807, 2.05) is 29.2 Å². The third-order valence-electron chi connectivity index (χ3n) is 7.96. The van der Waals surface area contributed by atoms with Crippen LogP contribution in [-0.4, -0.2) is 43.7 Å². The van der Waals surface area contributed by atoms with E-state index < -0.39 is 23.4 Å². The molecule has 3 atom stereocenters. The monoisotopic (exact) mass is 513 g/mol. The molecule has 0 unspecified atom stereocenters. The Morgan fingerprint density at radius 1 is 0.946 bits per heavy atom. The molecular formula is C30H24ClNO5. The fraction of sp³-hybridized carbons (Fsp3) is 0.233. The zero-order valence-corrected chi connectivity index (χ0v) is 21.3. The van der Waals surface area contributed by atoms with E-state index in [4.69, 9.17) is 21.1 Å². The lowest BCUT2D eigenvalue weighted by Crippen LogP contribution is -2.48. The van der Waals surface area contributed by atoms with Crippen LogP contribution in [0, 0.1) is 5.41 Å². The number of carbonyl (C=O) groups excluding carboxylic acids is 3. The van der Waals surface area contributed by atoms with Gasteiger partial charge in [-0.1, -0.05) is 54.1 Å². The Hall–Kier alpha value is -3.90. The van der Waals surface area contributed by atoms with E-state index in [1.165, 1.54) is 14.0 Å². The summed E-state index contributed by atoms with van der Waals surface area (Å²) in [5.41, 5.74) is 1.38. The quantitative estimate of drug-likeness (QED) is 0.436. The van der Waals surface area contributed by atoms with Crippen molar-refractivity contribution in [3.8, 4) is 11.5 Å². The van der Waals surface area contributed by atoms with Gasteiger partial charge in [0.1, 0.15) is 16.9 Å². The van der Waals surface area contributed by atoms with Gasteiger partial charge in [-0.2, -0.15) is 0 Å². The Labute approximate surface area is 219 Å². The molecule has 1 fully saturated rings. The topological polar surface area (TPSA) is 72.9 Å². The first-order valence-corrected chi connectivity index (χ1v) is 12.4. The van der Waals surface area contributed by atoms with Crippen molar-refractivity contribution >= 4 is 40.7 Å². The highest BCUT2D eigenvalue weighted by Gasteiger charge is 2.71. The van der Waals surface area contributed by atoms with Gasteiger partial charge < -0.3 is 14.4 Å². The minimum Gasteiger partial charge on any atom is -0.497 e. The number of Topliss-reactive ketones (excluding diaryl/α,β-unsaturated/α-hetero) is 3. The first kappa shape index (κ1) is 23.5. The summed E-state index contributed by atoms with van der Waals surface area (Å²) in [7, 11) is 3.08. The molecule has 6 nitrogen and oxygen atoms in total. The molecule has 1 aliphatic carbocycles. The van der Waals surface area contributed by atoms with Crippen molar-refractivity contribution in [2.24, 2.45) is 5.41 Å². The van der Waals surface area contributed by atoms with Crippen LogP contribution in [0.2, 0.25) is 5.02 Å². The van der Waals surface area contributed by atoms with E-state index in [9.17, 15) is 14.4 Å². The standard InChI is InChI=1S/C30H24ClNO5/c1-16(33)27-26(22-11-10-19(36-2)15-24(22)37-3)30(28(34)20-6-4-5-7-21(20)29(30)35)25-13-8-17-14-18(31)9-12-23(17)32(25)27/h4-15,25-27H,1-3H3/t25-,26-,27-/m1/s1. The van der Waals surface area contributed by atoms with Gasteiger partial charge in [-0.3, -0.25) is 14.4 Å². The second kappa shape index (κ2) is 8.32. The molecule has 0 aromatic heterocycles. The average molecular weight is 514 g/mol. The van der Waals surface area contributed by atoms with Gasteiger partial charge in [0, 0.05) is 39.4 Å². The van der Waals surface area contributed by atoms with Crippen LogP contribution in [0.25, 0.3) is 6.08 Å². The maximum atomic E-state index is 14.4. The Kier molecular flexibility index (Phi) is 5.28. The minimum absolute atomic E-state index is 0.155. The third kappa shape index (κ3) is 3.02. The van der Waals surface area contributed by atoms with Crippen molar-refractivity contribution in [1.82, 2.24) is 0 Å². The molecule has 0 saturated carbocycles. The molecule has 0 N–H and O–H groups in total. The van der Waals surface area contributed by atoms with Gasteiger partial charge in [-0.25, -0.2) is 0 Å². The number of halogens is 1. The number of hydrogen-bond acceptors (Lipinski definition) is 6. The number of methoxy groups -OCH3 is 2. The number of carbonyl (C=O) groups is 3. The predicted octanol–water partition coefficient (Wildman–Crippen LogP) is 5.38. The summed E-state index contributed by atoms with van der Waals surface area (Å²) in [6, 6.07) is 16.1. The van der Waals surface area contributed by atoms with Crippen molar-refractivity contribution in [2.45, 2.75) is 24.9 Å². The fourth-order valence-electron chi connectivity index (χ4n) is 6.52. The third-order valence-corrected chi connectivity index (χ3v) is 8.19. The van der Waals surface area contributed by atoms with E-state index in [1.54, 1.807) is 55.6 Å². The summed E-state index contributed by atoms with van der Waals surface area (Å²) < 4.78 is 11.1. The molecule has 0 radical (unpaired) electrons. The van der Waals surface area contributed by atoms with Crippen LogP contribution in [-0.2, 0) is 4.79 Å². The molecule has 1 saturated heterocycles. The summed E-state index contributed by atoms with van der Waals surface area (Å²) in [6.45, 7) is 1.51. The number of ether oxygens (including phenoxy) is 2. The van der Waals surface area contributed by atoms with Crippen LogP contribution in [0.4, 0.5) is 5.69 Å². The van der Waals surface area contributed by atoms with Crippen molar-refractivity contribution in [3.63, 3.8) is 0 Å². The fourth-order valence-corrected chi connectivity index (χ4v) is 6.70. The normalized spacial score (nSPS) is 22.6. The van der Waals surface area contributed by atoms with Gasteiger partial charge in [0.2, 0.25) is 0 Å². The molecule has 1 spiro atoms. The van der Waals surface area contributed by atoms with Gasteiger partial charge in [-0.15, -0.1) is 0 Å². The Morgan fingerprint density at radius 3 is 2.27 bits per heavy atom. The molecule has 37 heavy (non-hydrogen) atoms. The van der Waals surface area contributed by atoms with Crippen LogP contribution in [0.3, 0.4) is 0 Å². The van der Waals surface area contributed by atoms with Gasteiger partial charge in [0.25, 0.3) is 0 Å². The van der Waals surface area contributed by atoms with Crippen LogP contribution in [0.1, 0.15) is 44.7 Å².